The molecule has 1 atom stereocenters. The van der Waals surface area contributed by atoms with Gasteiger partial charge in [-0.1, -0.05) is 28.1 Å². The van der Waals surface area contributed by atoms with Crippen LogP contribution in [0.4, 0.5) is 5.69 Å². The number of nitrogens with zero attached hydrogens (tertiary/aromatic N) is 2. The highest BCUT2D eigenvalue weighted by atomic mass is 79.9. The molecule has 0 radical (unpaired) electrons. The van der Waals surface area contributed by atoms with Crippen molar-refractivity contribution in [1.82, 2.24) is 9.80 Å². The summed E-state index contributed by atoms with van der Waals surface area (Å²) in [7, 11) is 0. The van der Waals surface area contributed by atoms with Crippen LogP contribution < -0.4 is 5.32 Å². The molecule has 2 aromatic rings. The van der Waals surface area contributed by atoms with E-state index < -0.39 is 0 Å². The summed E-state index contributed by atoms with van der Waals surface area (Å²) in [6.07, 6.45) is 0. The largest absolute Gasteiger partial charge is 0.335 e. The van der Waals surface area contributed by atoms with Crippen LogP contribution in [-0.4, -0.2) is 53.8 Å². The van der Waals surface area contributed by atoms with Crippen molar-refractivity contribution in [3.63, 3.8) is 0 Å². The number of carbonyl (C=O) groups is 2. The minimum absolute atomic E-state index is 0.0314. The fraction of sp³-hybridized carbons (Fsp3) is 0.333. The maximum absolute atomic E-state index is 12.5. The number of anilines is 1. The van der Waals surface area contributed by atoms with E-state index in [0.29, 0.717) is 26.2 Å². The number of carbonyl (C=O) groups excluding carboxylic acids is 2. The normalized spacial score (nSPS) is 16.5. The Hall–Kier alpha value is -1.70. The zero-order valence-electron chi connectivity index (χ0n) is 13.9. The van der Waals surface area contributed by atoms with Gasteiger partial charge in [0, 0.05) is 36.3 Å². The molecule has 1 aliphatic heterocycles. The van der Waals surface area contributed by atoms with Gasteiger partial charge in [-0.25, -0.2) is 0 Å². The Bertz CT molecular complexity index is 743. The first-order chi connectivity index (χ1) is 12.0. The van der Waals surface area contributed by atoms with Gasteiger partial charge in [-0.3, -0.25) is 14.5 Å². The molecule has 1 aromatic heterocycles. The molecule has 1 N–H and O–H groups in total. The highest BCUT2D eigenvalue weighted by molar-refractivity contribution is 9.10. The Kier molecular flexibility index (Phi) is 5.88. The molecule has 0 spiro atoms. The van der Waals surface area contributed by atoms with E-state index in [1.807, 2.05) is 53.6 Å². The van der Waals surface area contributed by atoms with Crippen LogP contribution in [0.5, 0.6) is 0 Å². The summed E-state index contributed by atoms with van der Waals surface area (Å²) in [4.78, 5) is 29.6. The van der Waals surface area contributed by atoms with Gasteiger partial charge in [-0.2, -0.15) is 0 Å². The molecule has 0 saturated carbocycles. The Morgan fingerprint density at radius 2 is 1.92 bits per heavy atom. The summed E-state index contributed by atoms with van der Waals surface area (Å²) in [5, 5.41) is 4.86. The smallest absolute Gasteiger partial charge is 0.264 e. The topological polar surface area (TPSA) is 52.7 Å². The van der Waals surface area contributed by atoms with Crippen molar-refractivity contribution < 1.29 is 9.59 Å². The number of benzene rings is 1. The standard InChI is InChI=1S/C18H20BrN3O2S/c1-13(17(23)20-15-5-2-4-14(19)12-15)21-7-9-22(10-8-21)18(24)16-6-3-11-25-16/h2-6,11-13H,7-10H2,1H3,(H,20,23)/t13-/m0/s1. The van der Waals surface area contributed by atoms with Crippen LogP contribution >= 0.6 is 27.3 Å². The molecular weight excluding hydrogens is 402 g/mol. The molecule has 0 aliphatic carbocycles. The molecule has 25 heavy (non-hydrogen) atoms. The van der Waals surface area contributed by atoms with Crippen molar-refractivity contribution in [2.24, 2.45) is 0 Å². The van der Waals surface area contributed by atoms with Gasteiger partial charge in [-0.15, -0.1) is 11.3 Å². The molecular formula is C18H20BrN3O2S. The highest BCUT2D eigenvalue weighted by Gasteiger charge is 2.28. The molecule has 1 fully saturated rings. The van der Waals surface area contributed by atoms with Gasteiger partial charge in [0.25, 0.3) is 5.91 Å². The second kappa shape index (κ2) is 8.12. The number of halogens is 1. The third-order valence-electron chi connectivity index (χ3n) is 4.35. The van der Waals surface area contributed by atoms with Gasteiger partial charge in [0.15, 0.2) is 0 Å². The summed E-state index contributed by atoms with van der Waals surface area (Å²) in [6.45, 7) is 4.59. The van der Waals surface area contributed by atoms with Crippen LogP contribution in [0.1, 0.15) is 16.6 Å². The zero-order valence-corrected chi connectivity index (χ0v) is 16.3. The lowest BCUT2D eigenvalue weighted by Gasteiger charge is -2.37. The van der Waals surface area contributed by atoms with Gasteiger partial charge in [0.05, 0.1) is 10.9 Å². The van der Waals surface area contributed by atoms with E-state index >= 15 is 0 Å². The van der Waals surface area contributed by atoms with E-state index in [2.05, 4.69) is 26.1 Å². The van der Waals surface area contributed by atoms with Crippen molar-refractivity contribution >= 4 is 44.8 Å². The van der Waals surface area contributed by atoms with E-state index in [1.165, 1.54) is 11.3 Å². The molecule has 3 rings (SSSR count). The SMILES string of the molecule is C[C@@H](C(=O)Nc1cccc(Br)c1)N1CCN(C(=O)c2cccs2)CC1. The van der Waals surface area contributed by atoms with Crippen LogP contribution in [-0.2, 0) is 4.79 Å². The van der Waals surface area contributed by atoms with E-state index in [4.69, 9.17) is 0 Å². The van der Waals surface area contributed by atoms with E-state index in [-0.39, 0.29) is 17.9 Å². The summed E-state index contributed by atoms with van der Waals surface area (Å²) < 4.78 is 0.929. The lowest BCUT2D eigenvalue weighted by molar-refractivity contribution is -0.121. The zero-order chi connectivity index (χ0) is 17.8. The van der Waals surface area contributed by atoms with E-state index in [9.17, 15) is 9.59 Å². The molecule has 7 heteroatoms. The minimum atomic E-state index is -0.238. The Labute approximate surface area is 159 Å². The first kappa shape index (κ1) is 18.1. The van der Waals surface area contributed by atoms with Gasteiger partial charge in [0.1, 0.15) is 0 Å². The number of hydrogen-bond acceptors (Lipinski definition) is 4. The third kappa shape index (κ3) is 4.48. The molecule has 1 saturated heterocycles. The Morgan fingerprint density at radius 1 is 1.16 bits per heavy atom. The van der Waals surface area contributed by atoms with Crippen LogP contribution in [0.15, 0.2) is 46.3 Å². The number of hydrogen-bond donors (Lipinski definition) is 1. The van der Waals surface area contributed by atoms with Gasteiger partial charge in [-0.05, 0) is 36.6 Å². The minimum Gasteiger partial charge on any atom is -0.335 e. The second-order valence-corrected chi connectivity index (χ2v) is 7.84. The molecule has 5 nitrogen and oxygen atoms in total. The van der Waals surface area contributed by atoms with Gasteiger partial charge >= 0.3 is 0 Å². The van der Waals surface area contributed by atoms with Crippen molar-refractivity contribution in [2.45, 2.75) is 13.0 Å². The van der Waals surface area contributed by atoms with E-state index in [0.717, 1.165) is 15.0 Å². The lowest BCUT2D eigenvalue weighted by atomic mass is 10.2. The fourth-order valence-electron chi connectivity index (χ4n) is 2.85. The average Bonchev–Trinajstić information content (AvgIpc) is 3.15. The fourth-order valence-corrected chi connectivity index (χ4v) is 3.94. The number of amides is 2. The summed E-state index contributed by atoms with van der Waals surface area (Å²) in [5.74, 6) is 0.0528. The Balaban J connectivity index is 1.53. The summed E-state index contributed by atoms with van der Waals surface area (Å²) in [5.41, 5.74) is 0.776. The van der Waals surface area contributed by atoms with Gasteiger partial charge < -0.3 is 10.2 Å². The summed E-state index contributed by atoms with van der Waals surface area (Å²) in [6, 6.07) is 11.1. The predicted molar refractivity (Wildman–Crippen MR) is 104 cm³/mol. The molecule has 0 bridgehead atoms. The van der Waals surface area contributed by atoms with Gasteiger partial charge in [0.2, 0.25) is 5.91 Å². The van der Waals surface area contributed by atoms with Crippen molar-refractivity contribution in [3.8, 4) is 0 Å². The van der Waals surface area contributed by atoms with Crippen molar-refractivity contribution in [3.05, 3.63) is 51.1 Å². The maximum Gasteiger partial charge on any atom is 0.264 e. The number of piperazine rings is 1. The molecule has 2 heterocycles. The van der Waals surface area contributed by atoms with Crippen LogP contribution in [0.25, 0.3) is 0 Å². The number of nitrogens with one attached hydrogen (secondary N) is 1. The van der Waals surface area contributed by atoms with E-state index in [1.54, 1.807) is 0 Å². The molecule has 1 aromatic carbocycles. The second-order valence-electron chi connectivity index (χ2n) is 5.98. The van der Waals surface area contributed by atoms with Crippen LogP contribution in [0.3, 0.4) is 0 Å². The molecule has 132 valence electrons. The molecule has 0 unspecified atom stereocenters. The molecule has 1 aliphatic rings. The number of thiophene rings is 1. The first-order valence-corrected chi connectivity index (χ1v) is 9.85. The monoisotopic (exact) mass is 421 g/mol. The third-order valence-corrected chi connectivity index (χ3v) is 5.70. The lowest BCUT2D eigenvalue weighted by Crippen LogP contribution is -2.53. The van der Waals surface area contributed by atoms with Crippen LogP contribution in [0.2, 0.25) is 0 Å². The maximum atomic E-state index is 12.5. The predicted octanol–water partition coefficient (Wildman–Crippen LogP) is 3.30. The highest BCUT2D eigenvalue weighted by Crippen LogP contribution is 2.18. The number of rotatable bonds is 4. The van der Waals surface area contributed by atoms with Crippen LogP contribution in [0, 0.1) is 0 Å². The quantitative estimate of drug-likeness (QED) is 0.823. The molecule has 2 amide bonds. The average molecular weight is 422 g/mol. The van der Waals surface area contributed by atoms with Crippen molar-refractivity contribution in [1.29, 1.82) is 0 Å². The first-order valence-electron chi connectivity index (χ1n) is 8.18. The van der Waals surface area contributed by atoms with Crippen molar-refractivity contribution in [2.75, 3.05) is 31.5 Å². The summed E-state index contributed by atoms with van der Waals surface area (Å²) >= 11 is 4.87. The Morgan fingerprint density at radius 3 is 2.56 bits per heavy atom.